The van der Waals surface area contributed by atoms with Crippen molar-refractivity contribution < 1.29 is 54.8 Å². The number of amides is 1. The molecule has 1 amide bonds. The lowest BCUT2D eigenvalue weighted by atomic mass is 9.95. The van der Waals surface area contributed by atoms with E-state index in [1.807, 2.05) is 0 Å². The molecule has 0 aromatic carbocycles. The van der Waals surface area contributed by atoms with Gasteiger partial charge in [0.25, 0.3) is 0 Å². The fourth-order valence-corrected chi connectivity index (χ4v) is 2.97. The van der Waals surface area contributed by atoms with Gasteiger partial charge in [-0.25, -0.2) is 0 Å². The standard InChI is InChI=1S/C14H25NO11/c1-4(18)15-7-10(21)8(19)5(2-16)25-14(7)26-12-9(20)6(3-17)24-13(23)11(12)22/h5-14,16-17,19-23H,2-3H2,1H3,(H,15,18)/t5?,6?,7-,8+,9+,10+,11+,12-,13+,14-/m0/s1. The summed E-state index contributed by atoms with van der Waals surface area (Å²) in [5, 5.41) is 70.8. The fourth-order valence-electron chi connectivity index (χ4n) is 2.97. The predicted molar refractivity (Wildman–Crippen MR) is 80.2 cm³/mol. The van der Waals surface area contributed by atoms with E-state index in [-0.39, 0.29) is 0 Å². The molecule has 2 unspecified atom stereocenters. The van der Waals surface area contributed by atoms with E-state index in [0.29, 0.717) is 0 Å². The maximum Gasteiger partial charge on any atom is 0.217 e. The van der Waals surface area contributed by atoms with Crippen molar-refractivity contribution >= 4 is 5.91 Å². The summed E-state index contributed by atoms with van der Waals surface area (Å²) in [7, 11) is 0. The molecule has 8 N–H and O–H groups in total. The topological polar surface area (TPSA) is 198 Å². The van der Waals surface area contributed by atoms with Crippen LogP contribution in [-0.4, -0.2) is 116 Å². The Bertz CT molecular complexity index is 480. The number of ether oxygens (including phenoxy) is 3. The lowest BCUT2D eigenvalue weighted by Crippen LogP contribution is -2.67. The number of aliphatic hydroxyl groups excluding tert-OH is 7. The van der Waals surface area contributed by atoms with Gasteiger partial charge in [-0.15, -0.1) is 0 Å². The third-order valence-electron chi connectivity index (χ3n) is 4.38. The third-order valence-corrected chi connectivity index (χ3v) is 4.38. The summed E-state index contributed by atoms with van der Waals surface area (Å²) >= 11 is 0. The molecule has 12 nitrogen and oxygen atoms in total. The van der Waals surface area contributed by atoms with Gasteiger partial charge in [-0.05, 0) is 0 Å². The first-order chi connectivity index (χ1) is 12.2. The van der Waals surface area contributed by atoms with Crippen LogP contribution in [0.4, 0.5) is 0 Å². The Balaban J connectivity index is 2.22. The molecule has 0 radical (unpaired) electrons. The number of carbonyl (C=O) groups is 1. The highest BCUT2D eigenvalue weighted by atomic mass is 16.7. The largest absolute Gasteiger partial charge is 0.394 e. The molecule has 0 aromatic rings. The zero-order valence-electron chi connectivity index (χ0n) is 14.0. The molecule has 26 heavy (non-hydrogen) atoms. The highest BCUT2D eigenvalue weighted by Gasteiger charge is 2.50. The number of rotatable bonds is 5. The maximum absolute atomic E-state index is 11.4. The monoisotopic (exact) mass is 383 g/mol. The van der Waals surface area contributed by atoms with E-state index < -0.39 is 80.5 Å². The first-order valence-electron chi connectivity index (χ1n) is 8.06. The molecule has 0 spiro atoms. The van der Waals surface area contributed by atoms with Gasteiger partial charge in [0, 0.05) is 6.92 Å². The summed E-state index contributed by atoms with van der Waals surface area (Å²) in [5.74, 6) is -0.581. The van der Waals surface area contributed by atoms with Gasteiger partial charge in [0.05, 0.1) is 13.2 Å². The first-order valence-corrected chi connectivity index (χ1v) is 8.06. The van der Waals surface area contributed by atoms with Gasteiger partial charge in [0.15, 0.2) is 12.6 Å². The van der Waals surface area contributed by atoms with Gasteiger partial charge in [0.1, 0.15) is 48.8 Å². The van der Waals surface area contributed by atoms with Crippen LogP contribution < -0.4 is 5.32 Å². The van der Waals surface area contributed by atoms with Gasteiger partial charge < -0.3 is 55.3 Å². The average Bonchev–Trinajstić information content (AvgIpc) is 2.60. The van der Waals surface area contributed by atoms with Gasteiger partial charge in [0.2, 0.25) is 5.91 Å². The molecule has 2 aliphatic heterocycles. The van der Waals surface area contributed by atoms with E-state index in [0.717, 1.165) is 6.92 Å². The molecule has 2 fully saturated rings. The highest BCUT2D eigenvalue weighted by Crippen LogP contribution is 2.28. The van der Waals surface area contributed by atoms with Crippen LogP contribution in [0.25, 0.3) is 0 Å². The Morgan fingerprint density at radius 2 is 1.50 bits per heavy atom. The number of aliphatic hydroxyl groups is 7. The summed E-state index contributed by atoms with van der Waals surface area (Å²) in [6.45, 7) is -0.199. The molecule has 0 aromatic heterocycles. The minimum Gasteiger partial charge on any atom is -0.394 e. The van der Waals surface area contributed by atoms with Gasteiger partial charge in [-0.3, -0.25) is 4.79 Å². The van der Waals surface area contributed by atoms with Crippen LogP contribution in [0, 0.1) is 0 Å². The summed E-state index contributed by atoms with van der Waals surface area (Å²) in [4.78, 5) is 11.4. The van der Waals surface area contributed by atoms with Crippen molar-refractivity contribution in [1.29, 1.82) is 0 Å². The van der Waals surface area contributed by atoms with Gasteiger partial charge in [-0.2, -0.15) is 0 Å². The molecule has 2 heterocycles. The molecule has 2 saturated heterocycles. The Morgan fingerprint density at radius 1 is 0.923 bits per heavy atom. The average molecular weight is 383 g/mol. The van der Waals surface area contributed by atoms with Crippen molar-refractivity contribution in [3.05, 3.63) is 0 Å². The minimum absolute atomic E-state index is 0.581. The maximum atomic E-state index is 11.4. The van der Waals surface area contributed by atoms with Crippen LogP contribution in [0.15, 0.2) is 0 Å². The summed E-state index contributed by atoms with van der Waals surface area (Å²) < 4.78 is 15.6. The fraction of sp³-hybridized carbons (Fsp3) is 0.929. The van der Waals surface area contributed by atoms with E-state index in [4.69, 9.17) is 14.2 Å². The minimum atomic E-state index is -1.77. The smallest absolute Gasteiger partial charge is 0.217 e. The Hall–Kier alpha value is -0.930. The molecule has 0 bridgehead atoms. The Labute approximate surface area is 148 Å². The predicted octanol–water partition coefficient (Wildman–Crippen LogP) is -5.25. The van der Waals surface area contributed by atoms with E-state index in [2.05, 4.69) is 5.32 Å². The van der Waals surface area contributed by atoms with Crippen molar-refractivity contribution in [3.63, 3.8) is 0 Å². The van der Waals surface area contributed by atoms with Crippen LogP contribution in [0.5, 0.6) is 0 Å². The van der Waals surface area contributed by atoms with Crippen molar-refractivity contribution in [2.45, 2.75) is 68.3 Å². The first kappa shape index (κ1) is 21.4. The quantitative estimate of drug-likeness (QED) is 0.226. The SMILES string of the molecule is CC(=O)N[C@@H]1[C@H](O[C@@H]2[C@@H](O)[C@H](O)OC(CO)[C@H]2O)OC(CO)[C@@H](O)[C@@H]1O. The zero-order chi connectivity index (χ0) is 19.6. The molecule has 12 heteroatoms. The van der Waals surface area contributed by atoms with Crippen molar-refractivity contribution in [2.75, 3.05) is 13.2 Å². The van der Waals surface area contributed by atoms with E-state index in [1.165, 1.54) is 0 Å². The molecular weight excluding hydrogens is 358 g/mol. The number of hydrogen-bond donors (Lipinski definition) is 8. The second-order valence-corrected chi connectivity index (χ2v) is 6.26. The Kier molecular flexibility index (Phi) is 7.27. The van der Waals surface area contributed by atoms with Crippen molar-refractivity contribution in [3.8, 4) is 0 Å². The zero-order valence-corrected chi connectivity index (χ0v) is 14.0. The Morgan fingerprint density at radius 3 is 2.04 bits per heavy atom. The van der Waals surface area contributed by atoms with E-state index >= 15 is 0 Å². The molecule has 0 saturated carbocycles. The highest BCUT2D eigenvalue weighted by molar-refractivity contribution is 5.73. The van der Waals surface area contributed by atoms with Crippen molar-refractivity contribution in [2.24, 2.45) is 0 Å². The van der Waals surface area contributed by atoms with Gasteiger partial charge in [-0.1, -0.05) is 0 Å². The lowest BCUT2D eigenvalue weighted by Gasteiger charge is -2.46. The van der Waals surface area contributed by atoms with Crippen LogP contribution >= 0.6 is 0 Å². The summed E-state index contributed by atoms with van der Waals surface area (Å²) in [6.07, 6.45) is -13.7. The third kappa shape index (κ3) is 4.31. The molecule has 152 valence electrons. The molecule has 2 aliphatic rings. The normalized spacial score (nSPS) is 46.8. The molecule has 0 aliphatic carbocycles. The van der Waals surface area contributed by atoms with E-state index in [1.54, 1.807) is 0 Å². The van der Waals surface area contributed by atoms with Crippen LogP contribution in [0.2, 0.25) is 0 Å². The second-order valence-electron chi connectivity index (χ2n) is 6.26. The van der Waals surface area contributed by atoms with Crippen LogP contribution in [0.3, 0.4) is 0 Å². The second kappa shape index (κ2) is 8.84. The molecule has 10 atom stereocenters. The number of nitrogens with one attached hydrogen (secondary N) is 1. The van der Waals surface area contributed by atoms with E-state index in [9.17, 15) is 40.5 Å². The van der Waals surface area contributed by atoms with Crippen LogP contribution in [-0.2, 0) is 19.0 Å². The molecular formula is C14H25NO11. The summed E-state index contributed by atoms with van der Waals surface area (Å²) in [6, 6.07) is -1.29. The number of hydrogen-bond acceptors (Lipinski definition) is 11. The van der Waals surface area contributed by atoms with Crippen molar-refractivity contribution in [1.82, 2.24) is 5.32 Å². The summed E-state index contributed by atoms with van der Waals surface area (Å²) in [5.41, 5.74) is 0. The van der Waals surface area contributed by atoms with Crippen LogP contribution in [0.1, 0.15) is 6.92 Å². The lowest BCUT2D eigenvalue weighted by molar-refractivity contribution is -0.341. The van der Waals surface area contributed by atoms with Gasteiger partial charge >= 0.3 is 0 Å². The number of carbonyl (C=O) groups excluding carboxylic acids is 1. The molecule has 2 rings (SSSR count).